The van der Waals surface area contributed by atoms with Crippen LogP contribution in [0.15, 0.2) is 10.4 Å². The zero-order valence-electron chi connectivity index (χ0n) is 8.68. The largest absolute Gasteiger partial charge is 0.392 e. The predicted molar refractivity (Wildman–Crippen MR) is 63.2 cm³/mol. The fourth-order valence-electron chi connectivity index (χ4n) is 1.08. The maximum absolute atomic E-state index is 11.6. The van der Waals surface area contributed by atoms with Crippen molar-refractivity contribution in [3.05, 3.63) is 10.7 Å². The van der Waals surface area contributed by atoms with Gasteiger partial charge < -0.3 is 5.11 Å². The third-order valence-corrected chi connectivity index (χ3v) is 4.85. The first-order valence-corrected chi connectivity index (χ1v) is 7.42. The maximum atomic E-state index is 11.6. The molecule has 1 heterocycles. The van der Waals surface area contributed by atoms with Gasteiger partial charge in [-0.1, -0.05) is 36.3 Å². The molecule has 0 aliphatic heterocycles. The number of nitrogens with zero attached hydrogens (tertiary/aromatic N) is 1. The van der Waals surface area contributed by atoms with E-state index >= 15 is 0 Å². The number of aliphatic hydroxyl groups is 1. The van der Waals surface area contributed by atoms with Crippen LogP contribution in [-0.4, -0.2) is 31.2 Å². The second kappa shape index (κ2) is 5.92. The topological polar surface area (TPSA) is 79.3 Å². The summed E-state index contributed by atoms with van der Waals surface area (Å²) in [6.45, 7) is 1.92. The van der Waals surface area contributed by atoms with Gasteiger partial charge >= 0.3 is 0 Å². The number of hydrogen-bond donors (Lipinski definition) is 2. The highest BCUT2D eigenvalue weighted by Gasteiger charge is 2.18. The van der Waals surface area contributed by atoms with Crippen molar-refractivity contribution in [3.63, 3.8) is 0 Å². The van der Waals surface area contributed by atoms with Gasteiger partial charge in [-0.3, -0.25) is 0 Å². The van der Waals surface area contributed by atoms with E-state index in [0.29, 0.717) is 6.42 Å². The number of aliphatic hydroxyl groups excluding tert-OH is 1. The standard InChI is InChI=1S/C8H13ClN2O3S2/c1-2-3-6(12)4-11-16(13,14)7-5-10-8(9)15-7/h5-6,11-12H,2-4H2,1H3. The zero-order valence-corrected chi connectivity index (χ0v) is 11.1. The molecule has 92 valence electrons. The van der Waals surface area contributed by atoms with Crippen LogP contribution < -0.4 is 4.72 Å². The van der Waals surface area contributed by atoms with Crippen molar-refractivity contribution in [2.75, 3.05) is 6.54 Å². The number of thiazole rings is 1. The van der Waals surface area contributed by atoms with Crippen LogP contribution >= 0.6 is 22.9 Å². The summed E-state index contributed by atoms with van der Waals surface area (Å²) in [5, 5.41) is 9.40. The summed E-state index contributed by atoms with van der Waals surface area (Å²) >= 11 is 6.43. The molecule has 0 bridgehead atoms. The smallest absolute Gasteiger partial charge is 0.251 e. The van der Waals surface area contributed by atoms with E-state index in [4.69, 9.17) is 11.6 Å². The lowest BCUT2D eigenvalue weighted by Gasteiger charge is -2.09. The number of sulfonamides is 1. The van der Waals surface area contributed by atoms with Gasteiger partial charge in [0.25, 0.3) is 10.0 Å². The van der Waals surface area contributed by atoms with Crippen LogP contribution in [0, 0.1) is 0 Å². The summed E-state index contributed by atoms with van der Waals surface area (Å²) in [6.07, 6.45) is 1.89. The van der Waals surface area contributed by atoms with Crippen LogP contribution in [0.4, 0.5) is 0 Å². The molecule has 0 saturated heterocycles. The van der Waals surface area contributed by atoms with Crippen LogP contribution in [0.3, 0.4) is 0 Å². The monoisotopic (exact) mass is 284 g/mol. The van der Waals surface area contributed by atoms with Gasteiger partial charge in [0.2, 0.25) is 0 Å². The second-order valence-electron chi connectivity index (χ2n) is 3.23. The van der Waals surface area contributed by atoms with E-state index in [1.165, 1.54) is 6.20 Å². The van der Waals surface area contributed by atoms with E-state index in [1.807, 2.05) is 6.92 Å². The SMILES string of the molecule is CCCC(O)CNS(=O)(=O)c1cnc(Cl)s1. The molecule has 0 amide bonds. The van der Waals surface area contributed by atoms with E-state index in [2.05, 4.69) is 9.71 Å². The van der Waals surface area contributed by atoms with Crippen molar-refractivity contribution in [3.8, 4) is 0 Å². The Balaban J connectivity index is 2.59. The molecule has 5 nitrogen and oxygen atoms in total. The highest BCUT2D eigenvalue weighted by atomic mass is 35.5. The Bertz CT molecular complexity index is 432. The first-order valence-electron chi connectivity index (χ1n) is 4.74. The van der Waals surface area contributed by atoms with Crippen molar-refractivity contribution in [1.82, 2.24) is 9.71 Å². The molecule has 0 aromatic carbocycles. The van der Waals surface area contributed by atoms with Gasteiger partial charge in [0, 0.05) is 6.54 Å². The van der Waals surface area contributed by atoms with Crippen molar-refractivity contribution < 1.29 is 13.5 Å². The van der Waals surface area contributed by atoms with Gasteiger partial charge in [-0.25, -0.2) is 18.1 Å². The quantitative estimate of drug-likeness (QED) is 0.824. The summed E-state index contributed by atoms with van der Waals surface area (Å²) in [4.78, 5) is 3.65. The number of hydrogen-bond acceptors (Lipinski definition) is 5. The van der Waals surface area contributed by atoms with Crippen LogP contribution in [0.1, 0.15) is 19.8 Å². The molecule has 0 aliphatic rings. The number of aromatic nitrogens is 1. The summed E-state index contributed by atoms with van der Waals surface area (Å²) in [7, 11) is -3.59. The van der Waals surface area contributed by atoms with Gasteiger partial charge in [0.1, 0.15) is 0 Å². The molecule has 0 fully saturated rings. The Kier molecular flexibility index (Phi) is 5.13. The molecule has 1 rings (SSSR count). The Hall–Kier alpha value is -0.210. The lowest BCUT2D eigenvalue weighted by Crippen LogP contribution is -2.31. The highest BCUT2D eigenvalue weighted by Crippen LogP contribution is 2.21. The maximum Gasteiger partial charge on any atom is 0.251 e. The average molecular weight is 285 g/mol. The molecule has 1 aromatic rings. The summed E-state index contributed by atoms with van der Waals surface area (Å²) in [5.41, 5.74) is 0. The van der Waals surface area contributed by atoms with E-state index in [0.717, 1.165) is 17.8 Å². The van der Waals surface area contributed by atoms with Gasteiger partial charge in [0.15, 0.2) is 8.68 Å². The normalized spacial score (nSPS) is 13.9. The molecular formula is C8H13ClN2O3S2. The molecule has 1 unspecified atom stereocenters. The molecule has 0 spiro atoms. The summed E-state index contributed by atoms with van der Waals surface area (Å²) in [5.74, 6) is 0. The summed E-state index contributed by atoms with van der Waals surface area (Å²) < 4.78 is 25.8. The van der Waals surface area contributed by atoms with Crippen molar-refractivity contribution >= 4 is 33.0 Å². The number of halogens is 1. The fourth-order valence-corrected chi connectivity index (χ4v) is 3.49. The van der Waals surface area contributed by atoms with Crippen molar-refractivity contribution in [1.29, 1.82) is 0 Å². The minimum atomic E-state index is -3.59. The first-order chi connectivity index (χ1) is 7.45. The van der Waals surface area contributed by atoms with Crippen LogP contribution in [-0.2, 0) is 10.0 Å². The van der Waals surface area contributed by atoms with Crippen LogP contribution in [0.2, 0.25) is 4.47 Å². The fraction of sp³-hybridized carbons (Fsp3) is 0.625. The second-order valence-corrected chi connectivity index (χ2v) is 6.83. The molecule has 16 heavy (non-hydrogen) atoms. The molecule has 0 aliphatic carbocycles. The molecule has 1 aromatic heterocycles. The molecule has 8 heteroatoms. The Morgan fingerprint density at radius 2 is 2.38 bits per heavy atom. The summed E-state index contributed by atoms with van der Waals surface area (Å²) in [6, 6.07) is 0. The molecular weight excluding hydrogens is 272 g/mol. The van der Waals surface area contributed by atoms with E-state index in [9.17, 15) is 13.5 Å². The van der Waals surface area contributed by atoms with E-state index < -0.39 is 16.1 Å². The lowest BCUT2D eigenvalue weighted by atomic mass is 10.2. The van der Waals surface area contributed by atoms with E-state index in [-0.39, 0.29) is 15.2 Å². The zero-order chi connectivity index (χ0) is 12.2. The minimum Gasteiger partial charge on any atom is -0.392 e. The third-order valence-electron chi connectivity index (χ3n) is 1.85. The van der Waals surface area contributed by atoms with Gasteiger partial charge in [-0.05, 0) is 6.42 Å². The average Bonchev–Trinajstić information content (AvgIpc) is 2.63. The van der Waals surface area contributed by atoms with Crippen molar-refractivity contribution in [2.45, 2.75) is 30.1 Å². The number of rotatable bonds is 6. The van der Waals surface area contributed by atoms with Gasteiger partial charge in [-0.2, -0.15) is 0 Å². The predicted octanol–water partition coefficient (Wildman–Crippen LogP) is 1.24. The van der Waals surface area contributed by atoms with Gasteiger partial charge in [-0.15, -0.1) is 0 Å². The molecule has 0 radical (unpaired) electrons. The third kappa shape index (κ3) is 3.99. The van der Waals surface area contributed by atoms with Crippen molar-refractivity contribution in [2.24, 2.45) is 0 Å². The van der Waals surface area contributed by atoms with Crippen LogP contribution in [0.5, 0.6) is 0 Å². The molecule has 2 N–H and O–H groups in total. The lowest BCUT2D eigenvalue weighted by molar-refractivity contribution is 0.167. The first kappa shape index (κ1) is 13.9. The molecule has 1 atom stereocenters. The minimum absolute atomic E-state index is 0.00565. The highest BCUT2D eigenvalue weighted by molar-refractivity contribution is 7.91. The Labute approximate surface area is 104 Å². The molecule has 0 saturated carbocycles. The van der Waals surface area contributed by atoms with Gasteiger partial charge in [0.05, 0.1) is 12.3 Å². The number of nitrogens with one attached hydrogen (secondary N) is 1. The Morgan fingerprint density at radius 3 is 2.88 bits per heavy atom. The van der Waals surface area contributed by atoms with E-state index in [1.54, 1.807) is 0 Å². The Morgan fingerprint density at radius 1 is 1.69 bits per heavy atom. The van der Waals surface area contributed by atoms with Crippen LogP contribution in [0.25, 0.3) is 0 Å².